The molecular formula is C17H21N5. The molecule has 1 atom stereocenters. The molecule has 5 heteroatoms. The van der Waals surface area contributed by atoms with E-state index in [1.807, 2.05) is 42.9 Å². The molecule has 5 nitrogen and oxygen atoms in total. The van der Waals surface area contributed by atoms with Crippen LogP contribution in [0.1, 0.15) is 24.0 Å². The van der Waals surface area contributed by atoms with Crippen molar-refractivity contribution in [3.8, 4) is 0 Å². The Morgan fingerprint density at radius 1 is 1.18 bits per heavy atom. The van der Waals surface area contributed by atoms with E-state index in [0.717, 1.165) is 29.0 Å². The van der Waals surface area contributed by atoms with E-state index < -0.39 is 0 Å². The molecule has 1 aromatic carbocycles. The Labute approximate surface area is 130 Å². The van der Waals surface area contributed by atoms with Crippen molar-refractivity contribution in [2.75, 3.05) is 0 Å². The second-order valence-corrected chi connectivity index (χ2v) is 5.76. The van der Waals surface area contributed by atoms with Crippen molar-refractivity contribution in [2.24, 2.45) is 0 Å². The predicted molar refractivity (Wildman–Crippen MR) is 87.5 cm³/mol. The maximum atomic E-state index is 4.62. The van der Waals surface area contributed by atoms with E-state index in [1.54, 1.807) is 0 Å². The van der Waals surface area contributed by atoms with Gasteiger partial charge in [0, 0.05) is 23.3 Å². The quantitative estimate of drug-likeness (QED) is 0.786. The molecule has 0 unspecified atom stereocenters. The van der Waals surface area contributed by atoms with E-state index >= 15 is 0 Å². The zero-order valence-electron chi connectivity index (χ0n) is 13.2. The predicted octanol–water partition coefficient (Wildman–Crippen LogP) is 2.62. The summed E-state index contributed by atoms with van der Waals surface area (Å²) in [4.78, 5) is 9.21. The molecule has 0 saturated carbocycles. The summed E-state index contributed by atoms with van der Waals surface area (Å²) in [6, 6.07) is 8.42. The summed E-state index contributed by atoms with van der Waals surface area (Å²) >= 11 is 0. The third-order valence-corrected chi connectivity index (χ3v) is 3.67. The van der Waals surface area contributed by atoms with Crippen LogP contribution in [0.2, 0.25) is 0 Å². The Bertz CT molecular complexity index is 778. The molecule has 3 aromatic rings. The van der Waals surface area contributed by atoms with Crippen molar-refractivity contribution in [1.82, 2.24) is 25.1 Å². The van der Waals surface area contributed by atoms with Gasteiger partial charge in [0.05, 0.1) is 24.8 Å². The highest BCUT2D eigenvalue weighted by Gasteiger charge is 2.07. The Hall–Kier alpha value is -2.27. The molecule has 1 N–H and O–H groups in total. The topological polar surface area (TPSA) is 55.6 Å². The Balaban J connectivity index is 1.66. The van der Waals surface area contributed by atoms with Crippen LogP contribution in [0.5, 0.6) is 0 Å². The number of hydrogen-bond acceptors (Lipinski definition) is 4. The third-order valence-electron chi connectivity index (χ3n) is 3.67. The van der Waals surface area contributed by atoms with Crippen molar-refractivity contribution in [1.29, 1.82) is 0 Å². The molecule has 0 amide bonds. The molecule has 22 heavy (non-hydrogen) atoms. The SMILES string of the molecule is Cc1cnn(C[C@@H](C)NCc2nc(C)c3ccccc3n2)c1. The van der Waals surface area contributed by atoms with E-state index in [2.05, 4.69) is 39.6 Å². The number of aromatic nitrogens is 4. The van der Waals surface area contributed by atoms with Crippen LogP contribution in [-0.2, 0) is 13.1 Å². The lowest BCUT2D eigenvalue weighted by atomic mass is 10.2. The summed E-state index contributed by atoms with van der Waals surface area (Å²) < 4.78 is 1.96. The maximum absolute atomic E-state index is 4.62. The molecule has 0 aliphatic rings. The fourth-order valence-corrected chi connectivity index (χ4v) is 2.55. The maximum Gasteiger partial charge on any atom is 0.143 e. The van der Waals surface area contributed by atoms with E-state index in [9.17, 15) is 0 Å². The monoisotopic (exact) mass is 295 g/mol. The first-order valence-corrected chi connectivity index (χ1v) is 7.56. The average Bonchev–Trinajstić information content (AvgIpc) is 2.90. The smallest absolute Gasteiger partial charge is 0.143 e. The zero-order chi connectivity index (χ0) is 15.5. The third kappa shape index (κ3) is 3.31. The highest BCUT2D eigenvalue weighted by Crippen LogP contribution is 2.14. The van der Waals surface area contributed by atoms with Gasteiger partial charge in [0.2, 0.25) is 0 Å². The normalized spacial score (nSPS) is 12.7. The summed E-state index contributed by atoms with van der Waals surface area (Å²) in [6.45, 7) is 7.72. The molecule has 0 aliphatic heterocycles. The minimum absolute atomic E-state index is 0.301. The highest BCUT2D eigenvalue weighted by molar-refractivity contribution is 5.80. The highest BCUT2D eigenvalue weighted by atomic mass is 15.3. The van der Waals surface area contributed by atoms with Crippen molar-refractivity contribution < 1.29 is 0 Å². The van der Waals surface area contributed by atoms with Crippen molar-refractivity contribution >= 4 is 10.9 Å². The molecule has 3 rings (SSSR count). The van der Waals surface area contributed by atoms with Crippen molar-refractivity contribution in [2.45, 2.75) is 39.9 Å². The first-order valence-electron chi connectivity index (χ1n) is 7.56. The van der Waals surface area contributed by atoms with E-state index in [-0.39, 0.29) is 0 Å². The van der Waals surface area contributed by atoms with Gasteiger partial charge in [-0.3, -0.25) is 4.68 Å². The number of aryl methyl sites for hydroxylation is 2. The molecular weight excluding hydrogens is 274 g/mol. The number of benzene rings is 1. The van der Waals surface area contributed by atoms with E-state index in [4.69, 9.17) is 0 Å². The fraction of sp³-hybridized carbons (Fsp3) is 0.353. The van der Waals surface area contributed by atoms with Gasteiger partial charge in [-0.15, -0.1) is 0 Å². The van der Waals surface area contributed by atoms with Crippen LogP contribution in [-0.4, -0.2) is 25.8 Å². The van der Waals surface area contributed by atoms with Crippen LogP contribution in [0, 0.1) is 13.8 Å². The Morgan fingerprint density at radius 3 is 2.77 bits per heavy atom. The second kappa shape index (κ2) is 6.23. The second-order valence-electron chi connectivity index (χ2n) is 5.76. The molecule has 0 spiro atoms. The number of para-hydroxylation sites is 1. The Morgan fingerprint density at radius 2 is 2.00 bits per heavy atom. The van der Waals surface area contributed by atoms with Gasteiger partial charge in [0.15, 0.2) is 0 Å². The molecule has 0 bridgehead atoms. The lowest BCUT2D eigenvalue weighted by Gasteiger charge is -2.14. The number of fused-ring (bicyclic) bond motifs is 1. The van der Waals surface area contributed by atoms with E-state index in [1.165, 1.54) is 5.56 Å². The van der Waals surface area contributed by atoms with Crippen LogP contribution < -0.4 is 5.32 Å². The lowest BCUT2D eigenvalue weighted by Crippen LogP contribution is -2.30. The minimum atomic E-state index is 0.301. The number of nitrogens with zero attached hydrogens (tertiary/aromatic N) is 4. The summed E-state index contributed by atoms with van der Waals surface area (Å²) in [7, 11) is 0. The van der Waals surface area contributed by atoms with Gasteiger partial charge in [0.25, 0.3) is 0 Å². The van der Waals surface area contributed by atoms with Crippen LogP contribution in [0.15, 0.2) is 36.7 Å². The number of rotatable bonds is 5. The first-order chi connectivity index (χ1) is 10.6. The van der Waals surface area contributed by atoms with Gasteiger partial charge >= 0.3 is 0 Å². The van der Waals surface area contributed by atoms with Gasteiger partial charge in [-0.05, 0) is 32.4 Å². The van der Waals surface area contributed by atoms with Gasteiger partial charge in [-0.25, -0.2) is 9.97 Å². The molecule has 2 aromatic heterocycles. The summed E-state index contributed by atoms with van der Waals surface area (Å²) in [5, 5.41) is 8.89. The number of nitrogens with one attached hydrogen (secondary N) is 1. The largest absolute Gasteiger partial charge is 0.305 e. The van der Waals surface area contributed by atoms with E-state index in [0.29, 0.717) is 12.6 Å². The summed E-state index contributed by atoms with van der Waals surface area (Å²) in [6.07, 6.45) is 3.93. The van der Waals surface area contributed by atoms with Gasteiger partial charge in [-0.2, -0.15) is 5.10 Å². The zero-order valence-corrected chi connectivity index (χ0v) is 13.2. The summed E-state index contributed by atoms with van der Waals surface area (Å²) in [5.74, 6) is 0.833. The lowest BCUT2D eigenvalue weighted by molar-refractivity contribution is 0.445. The summed E-state index contributed by atoms with van der Waals surface area (Å²) in [5.41, 5.74) is 3.21. The van der Waals surface area contributed by atoms with Crippen LogP contribution in [0.3, 0.4) is 0 Å². The van der Waals surface area contributed by atoms with Crippen LogP contribution in [0.4, 0.5) is 0 Å². The van der Waals surface area contributed by atoms with Crippen LogP contribution in [0.25, 0.3) is 10.9 Å². The van der Waals surface area contributed by atoms with Crippen molar-refractivity contribution in [3.05, 3.63) is 53.7 Å². The first kappa shape index (κ1) is 14.7. The van der Waals surface area contributed by atoms with Crippen molar-refractivity contribution in [3.63, 3.8) is 0 Å². The minimum Gasteiger partial charge on any atom is -0.305 e. The number of hydrogen-bond donors (Lipinski definition) is 1. The molecule has 114 valence electrons. The Kier molecular flexibility index (Phi) is 4.15. The standard InChI is InChI=1S/C17H21N5/c1-12-8-19-22(10-12)11-13(2)18-9-17-20-14(3)15-6-4-5-7-16(15)21-17/h4-8,10,13,18H,9,11H2,1-3H3/t13-/m1/s1. The molecule has 0 aliphatic carbocycles. The molecule has 0 radical (unpaired) electrons. The van der Waals surface area contributed by atoms with Crippen LogP contribution >= 0.6 is 0 Å². The fourth-order valence-electron chi connectivity index (χ4n) is 2.55. The van der Waals surface area contributed by atoms with Gasteiger partial charge in [0.1, 0.15) is 5.82 Å². The molecule has 0 saturated heterocycles. The average molecular weight is 295 g/mol. The van der Waals surface area contributed by atoms with Gasteiger partial charge in [-0.1, -0.05) is 18.2 Å². The van der Waals surface area contributed by atoms with Gasteiger partial charge < -0.3 is 5.32 Å². The molecule has 0 fully saturated rings. The molecule has 2 heterocycles.